The van der Waals surface area contributed by atoms with Crippen LogP contribution in [0.5, 0.6) is 0 Å². The molecule has 0 aliphatic carbocycles. The molecule has 0 amide bonds. The fourth-order valence-corrected chi connectivity index (χ4v) is 3.39. The van der Waals surface area contributed by atoms with Crippen molar-refractivity contribution < 1.29 is 0 Å². The lowest BCUT2D eigenvalue weighted by molar-refractivity contribution is 0.449. The molecule has 0 spiro atoms. The number of aromatic nitrogens is 3. The number of nitrogens with one attached hydrogen (secondary N) is 2. The normalized spacial score (nSPS) is 12.6. The Balaban J connectivity index is 0.00000338. The fourth-order valence-electron chi connectivity index (χ4n) is 2.61. The molecule has 0 aliphatic rings. The Morgan fingerprint density at radius 2 is 2.08 bits per heavy atom. The number of halogens is 1. The number of rotatable bonds is 8. The third-order valence-corrected chi connectivity index (χ3v) is 4.77. The monoisotopic (exact) mass is 490 g/mol. The van der Waals surface area contributed by atoms with Gasteiger partial charge in [-0.3, -0.25) is 9.67 Å². The van der Waals surface area contributed by atoms with Gasteiger partial charge in [-0.05, 0) is 39.7 Å². The van der Waals surface area contributed by atoms with Crippen molar-refractivity contribution in [3.63, 3.8) is 0 Å². The van der Waals surface area contributed by atoms with Crippen LogP contribution in [0.3, 0.4) is 0 Å². The van der Waals surface area contributed by atoms with E-state index in [0.717, 1.165) is 44.3 Å². The molecular formula is C18H31IN6S. The van der Waals surface area contributed by atoms with Gasteiger partial charge in [-0.15, -0.1) is 35.3 Å². The molecule has 0 bridgehead atoms. The second-order valence-corrected chi connectivity index (χ2v) is 7.79. The van der Waals surface area contributed by atoms with Gasteiger partial charge in [-0.25, -0.2) is 4.98 Å². The Morgan fingerprint density at radius 3 is 2.65 bits per heavy atom. The molecule has 0 fully saturated rings. The van der Waals surface area contributed by atoms with Crippen LogP contribution in [-0.2, 0) is 13.0 Å². The van der Waals surface area contributed by atoms with Crippen molar-refractivity contribution in [2.24, 2.45) is 10.9 Å². The van der Waals surface area contributed by atoms with Crippen LogP contribution in [0.4, 0.5) is 0 Å². The van der Waals surface area contributed by atoms with E-state index in [1.165, 1.54) is 15.6 Å². The van der Waals surface area contributed by atoms with Gasteiger partial charge in [0.2, 0.25) is 0 Å². The summed E-state index contributed by atoms with van der Waals surface area (Å²) in [5.41, 5.74) is 2.28. The number of nitrogens with zero attached hydrogens (tertiary/aromatic N) is 4. The molecule has 2 aromatic heterocycles. The van der Waals surface area contributed by atoms with Crippen LogP contribution in [-0.4, -0.2) is 40.4 Å². The van der Waals surface area contributed by atoms with Crippen molar-refractivity contribution in [1.29, 1.82) is 0 Å². The molecule has 26 heavy (non-hydrogen) atoms. The molecule has 0 aromatic carbocycles. The predicted molar refractivity (Wildman–Crippen MR) is 121 cm³/mol. The molecule has 1 atom stereocenters. The molecule has 2 rings (SSSR count). The highest BCUT2D eigenvalue weighted by Crippen LogP contribution is 2.11. The number of aryl methyl sites for hydroxylation is 3. The number of aliphatic imine (C=N–C) groups is 1. The van der Waals surface area contributed by atoms with Crippen molar-refractivity contribution in [1.82, 2.24) is 25.4 Å². The summed E-state index contributed by atoms with van der Waals surface area (Å²) in [6.07, 6.45) is 2.85. The summed E-state index contributed by atoms with van der Waals surface area (Å²) in [7, 11) is 0. The zero-order valence-corrected chi connectivity index (χ0v) is 19.5. The van der Waals surface area contributed by atoms with E-state index in [1.807, 2.05) is 13.1 Å². The van der Waals surface area contributed by atoms with E-state index in [-0.39, 0.29) is 24.0 Å². The zero-order chi connectivity index (χ0) is 18.2. The molecule has 0 saturated heterocycles. The summed E-state index contributed by atoms with van der Waals surface area (Å²) >= 11 is 1.75. The average molecular weight is 490 g/mol. The number of guanidine groups is 1. The van der Waals surface area contributed by atoms with Crippen LogP contribution in [0.1, 0.15) is 35.1 Å². The maximum Gasteiger partial charge on any atom is 0.191 e. The minimum atomic E-state index is 0. The molecule has 2 aromatic rings. The van der Waals surface area contributed by atoms with E-state index in [1.54, 1.807) is 11.3 Å². The zero-order valence-electron chi connectivity index (χ0n) is 16.4. The Bertz CT molecular complexity index is 694. The first-order valence-corrected chi connectivity index (χ1v) is 9.74. The summed E-state index contributed by atoms with van der Waals surface area (Å²) in [6.45, 7) is 13.9. The Labute approximate surface area is 177 Å². The predicted octanol–water partition coefficient (Wildman–Crippen LogP) is 3.32. The Hall–Kier alpha value is -1.16. The van der Waals surface area contributed by atoms with Gasteiger partial charge in [0.1, 0.15) is 0 Å². The van der Waals surface area contributed by atoms with E-state index >= 15 is 0 Å². The Kier molecular flexibility index (Phi) is 10.1. The first-order chi connectivity index (χ1) is 12.0. The first-order valence-electron chi connectivity index (χ1n) is 8.92. The van der Waals surface area contributed by atoms with Crippen LogP contribution in [0.25, 0.3) is 0 Å². The van der Waals surface area contributed by atoms with Crippen LogP contribution in [0.15, 0.2) is 17.3 Å². The third-order valence-electron chi connectivity index (χ3n) is 3.79. The molecule has 0 radical (unpaired) electrons. The van der Waals surface area contributed by atoms with Crippen LogP contribution in [0.2, 0.25) is 0 Å². The third kappa shape index (κ3) is 7.61. The van der Waals surface area contributed by atoms with Gasteiger partial charge in [0, 0.05) is 49.4 Å². The fraction of sp³-hybridized carbons (Fsp3) is 0.611. The summed E-state index contributed by atoms with van der Waals surface area (Å²) in [5.74, 6) is 1.30. The van der Waals surface area contributed by atoms with Crippen molar-refractivity contribution >= 4 is 41.3 Å². The van der Waals surface area contributed by atoms with Crippen molar-refractivity contribution in [2.75, 3.05) is 19.6 Å². The lowest BCUT2D eigenvalue weighted by atomic mass is 10.2. The van der Waals surface area contributed by atoms with Crippen molar-refractivity contribution in [3.8, 4) is 0 Å². The van der Waals surface area contributed by atoms with E-state index < -0.39 is 0 Å². The molecular weight excluding hydrogens is 459 g/mol. The van der Waals surface area contributed by atoms with Crippen molar-refractivity contribution in [3.05, 3.63) is 33.5 Å². The van der Waals surface area contributed by atoms with Crippen LogP contribution < -0.4 is 10.6 Å². The number of hydrogen-bond donors (Lipinski definition) is 2. The topological polar surface area (TPSA) is 67.1 Å². The summed E-state index contributed by atoms with van der Waals surface area (Å²) in [4.78, 5) is 10.4. The molecule has 0 saturated carbocycles. The van der Waals surface area contributed by atoms with E-state index in [2.05, 4.69) is 59.2 Å². The second-order valence-electron chi connectivity index (χ2n) is 6.48. The molecule has 6 nitrogen and oxygen atoms in total. The first kappa shape index (κ1) is 22.9. The molecule has 1 unspecified atom stereocenters. The lowest BCUT2D eigenvalue weighted by Crippen LogP contribution is -2.38. The lowest BCUT2D eigenvalue weighted by Gasteiger charge is -2.14. The largest absolute Gasteiger partial charge is 0.357 e. The molecule has 0 aliphatic heterocycles. The molecule has 2 heterocycles. The summed E-state index contributed by atoms with van der Waals surface area (Å²) < 4.78 is 2.07. The van der Waals surface area contributed by atoms with Crippen molar-refractivity contribution in [2.45, 2.75) is 47.6 Å². The maximum absolute atomic E-state index is 4.72. The molecule has 2 N–H and O–H groups in total. The van der Waals surface area contributed by atoms with Crippen LogP contribution >= 0.6 is 35.3 Å². The van der Waals surface area contributed by atoms with Gasteiger partial charge in [0.15, 0.2) is 5.96 Å². The summed E-state index contributed by atoms with van der Waals surface area (Å²) in [5, 5.41) is 12.4. The Morgan fingerprint density at radius 1 is 1.31 bits per heavy atom. The highest BCUT2D eigenvalue weighted by atomic mass is 127. The molecule has 8 heteroatoms. The van der Waals surface area contributed by atoms with Gasteiger partial charge in [-0.2, -0.15) is 5.10 Å². The average Bonchev–Trinajstić information content (AvgIpc) is 3.10. The minimum absolute atomic E-state index is 0. The number of thiazole rings is 1. The standard InChI is InChI=1S/C18H30N6S.HI/c1-6-19-18(20-8-7-17-21-11-16(5)25-17)22-10-13(2)12-24-15(4)9-14(3)23-24;/h9,11,13H,6-8,10,12H2,1-5H3,(H2,19,20,22);1H. The smallest absolute Gasteiger partial charge is 0.191 e. The van der Waals surface area contributed by atoms with E-state index in [9.17, 15) is 0 Å². The van der Waals surface area contributed by atoms with Gasteiger partial charge in [0.25, 0.3) is 0 Å². The quantitative estimate of drug-likeness (QED) is 0.339. The van der Waals surface area contributed by atoms with Gasteiger partial charge < -0.3 is 10.6 Å². The van der Waals surface area contributed by atoms with E-state index in [0.29, 0.717) is 5.92 Å². The van der Waals surface area contributed by atoms with Crippen LogP contribution in [0, 0.1) is 26.7 Å². The highest BCUT2D eigenvalue weighted by molar-refractivity contribution is 14.0. The SMILES string of the molecule is CCNC(=NCC(C)Cn1nc(C)cc1C)NCCc1ncc(C)s1.I. The minimum Gasteiger partial charge on any atom is -0.357 e. The maximum atomic E-state index is 4.72. The van der Waals surface area contributed by atoms with Gasteiger partial charge >= 0.3 is 0 Å². The van der Waals surface area contributed by atoms with Gasteiger partial charge in [-0.1, -0.05) is 6.92 Å². The summed E-state index contributed by atoms with van der Waals surface area (Å²) in [6, 6.07) is 2.11. The second kappa shape index (κ2) is 11.5. The van der Waals surface area contributed by atoms with E-state index in [4.69, 9.17) is 4.99 Å². The molecule has 146 valence electrons. The van der Waals surface area contributed by atoms with Gasteiger partial charge in [0.05, 0.1) is 10.7 Å². The highest BCUT2D eigenvalue weighted by Gasteiger charge is 2.07. The number of hydrogen-bond acceptors (Lipinski definition) is 4.